The van der Waals surface area contributed by atoms with Crippen LogP contribution in [-0.4, -0.2) is 46.4 Å². The molecule has 2 N–H and O–H groups in total. The number of anilines is 1. The van der Waals surface area contributed by atoms with Crippen molar-refractivity contribution in [1.29, 1.82) is 0 Å². The van der Waals surface area contributed by atoms with Gasteiger partial charge in [0, 0.05) is 28.4 Å². The molecule has 0 radical (unpaired) electrons. The molecule has 4 aromatic carbocycles. The number of hydrazone groups is 1. The molecule has 5 aromatic rings. The molecule has 0 spiro atoms. The van der Waals surface area contributed by atoms with Crippen LogP contribution in [-0.2, 0) is 11.3 Å². The van der Waals surface area contributed by atoms with Gasteiger partial charge < -0.3 is 14.8 Å². The van der Waals surface area contributed by atoms with Crippen LogP contribution in [0.3, 0.4) is 0 Å². The van der Waals surface area contributed by atoms with Crippen molar-refractivity contribution in [1.82, 2.24) is 20.2 Å². The minimum atomic E-state index is -0.490. The van der Waals surface area contributed by atoms with Gasteiger partial charge in [-0.1, -0.05) is 66.4 Å². The second-order valence-corrected chi connectivity index (χ2v) is 10.4. The molecule has 9 nitrogen and oxygen atoms in total. The van der Waals surface area contributed by atoms with E-state index in [0.29, 0.717) is 28.8 Å². The van der Waals surface area contributed by atoms with Gasteiger partial charge in [0.05, 0.1) is 32.2 Å². The van der Waals surface area contributed by atoms with E-state index in [1.807, 2.05) is 66.1 Å². The summed E-state index contributed by atoms with van der Waals surface area (Å²) in [6.45, 7) is 2.26. The predicted molar refractivity (Wildman–Crippen MR) is 163 cm³/mol. The molecule has 5 rings (SSSR count). The highest BCUT2D eigenvalue weighted by Gasteiger charge is 2.21. The number of nitrogens with zero attached hydrogens (tertiary/aromatic N) is 4. The summed E-state index contributed by atoms with van der Waals surface area (Å²) < 4.78 is 12.6. The Balaban J connectivity index is 1.31. The van der Waals surface area contributed by atoms with Crippen LogP contribution in [0.2, 0.25) is 0 Å². The number of hydrogen-bond acceptors (Lipinski definition) is 8. The van der Waals surface area contributed by atoms with Gasteiger partial charge in [0.1, 0.15) is 11.5 Å². The fourth-order valence-corrected chi connectivity index (χ4v) is 5.15. The molecule has 10 heteroatoms. The van der Waals surface area contributed by atoms with Crippen LogP contribution in [0.15, 0.2) is 101 Å². The third-order valence-electron chi connectivity index (χ3n) is 6.41. The third-order valence-corrected chi connectivity index (χ3v) is 7.45. The number of aromatic nitrogens is 3. The van der Waals surface area contributed by atoms with E-state index in [1.165, 1.54) is 18.0 Å². The smallest absolute Gasteiger partial charge is 0.253 e. The second-order valence-electron chi connectivity index (χ2n) is 9.05. The molecule has 1 aromatic heterocycles. The van der Waals surface area contributed by atoms with Crippen LogP contribution in [0, 0.1) is 0 Å². The number of carbonyl (C=O) groups is 1. The Hall–Kier alpha value is -4.83. The van der Waals surface area contributed by atoms with Crippen LogP contribution in [0.4, 0.5) is 5.69 Å². The Bertz CT molecular complexity index is 1670. The molecule has 0 aliphatic heterocycles. The summed E-state index contributed by atoms with van der Waals surface area (Å²) in [5, 5.41) is 19.0. The highest BCUT2D eigenvalue weighted by molar-refractivity contribution is 8.00. The summed E-state index contributed by atoms with van der Waals surface area (Å²) in [6, 6.07) is 29.6. The summed E-state index contributed by atoms with van der Waals surface area (Å²) in [5.41, 5.74) is 5.25. The Kier molecular flexibility index (Phi) is 8.80. The zero-order valence-corrected chi connectivity index (χ0v) is 23.8. The number of ether oxygens (including phenoxy) is 2. The second kappa shape index (κ2) is 13.0. The zero-order valence-electron chi connectivity index (χ0n) is 22.9. The molecule has 1 atom stereocenters. The molecule has 0 saturated carbocycles. The lowest BCUT2D eigenvalue weighted by Crippen LogP contribution is -2.27. The van der Waals surface area contributed by atoms with E-state index in [-0.39, 0.29) is 5.91 Å². The fraction of sp³-hybridized carbons (Fsp3) is 0.161. The first-order valence-electron chi connectivity index (χ1n) is 13.0. The maximum absolute atomic E-state index is 12.9. The minimum absolute atomic E-state index is 0.267. The topological polar surface area (TPSA) is 103 Å². The van der Waals surface area contributed by atoms with Gasteiger partial charge in [-0.2, -0.15) is 5.10 Å². The standard InChI is InChI=1S/C31H30N6O3S/c1-21(30(38)35-33-19-23-16-17-25(39-2)18-28(23)40-3)41-31-36-34-29(37(31)24-12-5-4-6-13-24)20-32-27-15-9-11-22-10-7-8-14-26(22)27/h4-19,21,32H,20H2,1-3H3,(H,35,38). The normalized spacial score (nSPS) is 11.9. The van der Waals surface area contributed by atoms with Crippen molar-refractivity contribution in [2.24, 2.45) is 5.10 Å². The molecule has 1 unspecified atom stereocenters. The molecule has 0 aliphatic rings. The van der Waals surface area contributed by atoms with E-state index in [9.17, 15) is 4.79 Å². The van der Waals surface area contributed by atoms with Crippen molar-refractivity contribution in [3.63, 3.8) is 0 Å². The summed E-state index contributed by atoms with van der Waals surface area (Å²) >= 11 is 1.31. The first-order chi connectivity index (χ1) is 20.1. The molecular formula is C31H30N6O3S. The predicted octanol–water partition coefficient (Wildman–Crippen LogP) is 5.68. The number of carbonyl (C=O) groups excluding carboxylic acids is 1. The van der Waals surface area contributed by atoms with E-state index >= 15 is 0 Å². The molecule has 208 valence electrons. The largest absolute Gasteiger partial charge is 0.497 e. The Morgan fingerprint density at radius 1 is 0.976 bits per heavy atom. The van der Waals surface area contributed by atoms with Crippen molar-refractivity contribution in [2.45, 2.75) is 23.9 Å². The number of hydrogen-bond donors (Lipinski definition) is 2. The molecule has 0 bridgehead atoms. The summed E-state index contributed by atoms with van der Waals surface area (Å²) in [5.74, 6) is 1.72. The summed E-state index contributed by atoms with van der Waals surface area (Å²) in [6.07, 6.45) is 1.54. The first kappa shape index (κ1) is 27.7. The summed E-state index contributed by atoms with van der Waals surface area (Å²) in [4.78, 5) is 12.9. The van der Waals surface area contributed by atoms with Gasteiger partial charge in [0.15, 0.2) is 11.0 Å². The van der Waals surface area contributed by atoms with E-state index in [2.05, 4.69) is 50.3 Å². The van der Waals surface area contributed by atoms with Gasteiger partial charge in [-0.15, -0.1) is 10.2 Å². The van der Waals surface area contributed by atoms with Crippen LogP contribution >= 0.6 is 11.8 Å². The molecule has 0 saturated heterocycles. The minimum Gasteiger partial charge on any atom is -0.497 e. The average molecular weight is 567 g/mol. The molecule has 41 heavy (non-hydrogen) atoms. The lowest BCUT2D eigenvalue weighted by Gasteiger charge is -2.14. The number of para-hydroxylation sites is 1. The van der Waals surface area contributed by atoms with Gasteiger partial charge in [0.2, 0.25) is 0 Å². The molecule has 1 amide bonds. The SMILES string of the molecule is COc1ccc(C=NNC(=O)C(C)Sc2nnc(CNc3cccc4ccccc34)n2-c2ccccc2)c(OC)c1. The molecule has 1 heterocycles. The monoisotopic (exact) mass is 566 g/mol. The first-order valence-corrected chi connectivity index (χ1v) is 13.9. The van der Waals surface area contributed by atoms with E-state index in [0.717, 1.165) is 28.0 Å². The van der Waals surface area contributed by atoms with Gasteiger partial charge >= 0.3 is 0 Å². The highest BCUT2D eigenvalue weighted by Crippen LogP contribution is 2.28. The van der Waals surface area contributed by atoms with Gasteiger partial charge in [-0.25, -0.2) is 5.43 Å². The van der Waals surface area contributed by atoms with Crippen molar-refractivity contribution in [3.8, 4) is 17.2 Å². The quantitative estimate of drug-likeness (QED) is 0.120. The number of amides is 1. The lowest BCUT2D eigenvalue weighted by atomic mass is 10.1. The maximum atomic E-state index is 12.9. The van der Waals surface area contributed by atoms with E-state index in [1.54, 1.807) is 26.4 Å². The van der Waals surface area contributed by atoms with Crippen molar-refractivity contribution in [2.75, 3.05) is 19.5 Å². The zero-order chi connectivity index (χ0) is 28.6. The van der Waals surface area contributed by atoms with Crippen LogP contribution in [0.25, 0.3) is 16.5 Å². The Morgan fingerprint density at radius 2 is 1.76 bits per heavy atom. The van der Waals surface area contributed by atoms with Crippen molar-refractivity contribution >= 4 is 40.3 Å². The number of thioether (sulfide) groups is 1. The van der Waals surface area contributed by atoms with Gasteiger partial charge in [-0.05, 0) is 42.6 Å². The maximum Gasteiger partial charge on any atom is 0.253 e. The summed E-state index contributed by atoms with van der Waals surface area (Å²) in [7, 11) is 3.16. The van der Waals surface area contributed by atoms with Crippen LogP contribution in [0.1, 0.15) is 18.3 Å². The highest BCUT2D eigenvalue weighted by atomic mass is 32.2. The number of nitrogens with one attached hydrogen (secondary N) is 2. The number of rotatable bonds is 11. The third kappa shape index (κ3) is 6.50. The molecule has 0 aliphatic carbocycles. The number of methoxy groups -OCH3 is 2. The Labute approximate surface area is 242 Å². The van der Waals surface area contributed by atoms with Gasteiger partial charge in [0.25, 0.3) is 5.91 Å². The fourth-order valence-electron chi connectivity index (χ4n) is 4.27. The van der Waals surface area contributed by atoms with Crippen molar-refractivity contribution in [3.05, 3.63) is 102 Å². The van der Waals surface area contributed by atoms with E-state index < -0.39 is 5.25 Å². The van der Waals surface area contributed by atoms with Crippen LogP contribution in [0.5, 0.6) is 11.5 Å². The molecular weight excluding hydrogens is 536 g/mol. The number of benzene rings is 4. The van der Waals surface area contributed by atoms with Crippen LogP contribution < -0.4 is 20.2 Å². The van der Waals surface area contributed by atoms with Crippen molar-refractivity contribution < 1.29 is 14.3 Å². The van der Waals surface area contributed by atoms with E-state index in [4.69, 9.17) is 9.47 Å². The lowest BCUT2D eigenvalue weighted by molar-refractivity contribution is -0.120. The van der Waals surface area contributed by atoms with Gasteiger partial charge in [-0.3, -0.25) is 9.36 Å². The Morgan fingerprint density at radius 3 is 2.56 bits per heavy atom. The average Bonchev–Trinajstić information content (AvgIpc) is 3.42. The molecule has 0 fully saturated rings. The number of fused-ring (bicyclic) bond motifs is 1.